The maximum absolute atomic E-state index is 11.4. The third-order valence-corrected chi connectivity index (χ3v) is 3.46. The van der Waals surface area contributed by atoms with Gasteiger partial charge in [0, 0.05) is 17.0 Å². The lowest BCUT2D eigenvalue weighted by Gasteiger charge is -2.08. The first-order valence-corrected chi connectivity index (χ1v) is 6.92. The molecule has 110 valence electrons. The molecule has 3 aromatic rings. The summed E-state index contributed by atoms with van der Waals surface area (Å²) in [4.78, 5) is 15.8. The van der Waals surface area contributed by atoms with E-state index in [2.05, 4.69) is 4.98 Å². The van der Waals surface area contributed by atoms with Gasteiger partial charge in [-0.3, -0.25) is 4.79 Å². The number of nitrogens with zero attached hydrogens (tertiary/aromatic N) is 1. The first-order valence-electron chi connectivity index (χ1n) is 6.92. The minimum Gasteiger partial charge on any atom is -0.508 e. The Bertz CT molecular complexity index is 871. The van der Waals surface area contributed by atoms with Gasteiger partial charge in [-0.15, -0.1) is 0 Å². The minimum atomic E-state index is 0.0294. The van der Waals surface area contributed by atoms with Crippen molar-refractivity contribution in [2.75, 3.05) is 0 Å². The molecule has 4 nitrogen and oxygen atoms in total. The molecule has 4 heteroatoms. The van der Waals surface area contributed by atoms with Gasteiger partial charge in [-0.25, -0.2) is 4.98 Å². The topological polar surface area (TPSA) is 59.4 Å². The lowest BCUT2D eigenvalue weighted by molar-refractivity contribution is 0.101. The second kappa shape index (κ2) is 5.48. The number of aromatic nitrogens is 1. The molecule has 0 amide bonds. The average molecular weight is 293 g/mol. The molecule has 0 fully saturated rings. The summed E-state index contributed by atoms with van der Waals surface area (Å²) in [6, 6.07) is 14.0. The van der Waals surface area contributed by atoms with Gasteiger partial charge in [0.05, 0.1) is 5.52 Å². The Kier molecular flexibility index (Phi) is 3.51. The number of aryl methyl sites for hydroxylation is 1. The number of Topliss-reactive ketones (excluding diaryl/α,β-unsaturated/α-hetero) is 1. The van der Waals surface area contributed by atoms with E-state index < -0.39 is 0 Å². The molecule has 0 unspecified atom stereocenters. The highest BCUT2D eigenvalue weighted by Crippen LogP contribution is 2.27. The normalized spacial score (nSPS) is 10.6. The van der Waals surface area contributed by atoms with Crippen LogP contribution in [-0.4, -0.2) is 15.9 Å². The zero-order chi connectivity index (χ0) is 15.7. The zero-order valence-corrected chi connectivity index (χ0v) is 12.3. The number of phenolic OH excluding ortho intramolecular Hbond substituents is 1. The molecule has 0 bridgehead atoms. The molecule has 22 heavy (non-hydrogen) atoms. The van der Waals surface area contributed by atoms with E-state index >= 15 is 0 Å². The number of carbonyl (C=O) groups excluding carboxylic acids is 1. The fourth-order valence-electron chi connectivity index (χ4n) is 2.19. The minimum absolute atomic E-state index is 0.0294. The van der Waals surface area contributed by atoms with Gasteiger partial charge in [-0.1, -0.05) is 0 Å². The Labute approximate surface area is 128 Å². The summed E-state index contributed by atoms with van der Waals surface area (Å²) in [5, 5.41) is 10.4. The number of hydrogen-bond acceptors (Lipinski definition) is 4. The predicted molar refractivity (Wildman–Crippen MR) is 84.7 cm³/mol. The number of aromatic hydroxyl groups is 1. The second-order valence-corrected chi connectivity index (χ2v) is 5.16. The Morgan fingerprint density at radius 3 is 2.64 bits per heavy atom. The average Bonchev–Trinajstić information content (AvgIpc) is 2.50. The molecule has 1 heterocycles. The number of carbonyl (C=O) groups is 1. The summed E-state index contributed by atoms with van der Waals surface area (Å²) in [6.07, 6.45) is 0. The molecule has 0 atom stereocenters. The van der Waals surface area contributed by atoms with E-state index in [1.54, 1.807) is 50.2 Å². The second-order valence-electron chi connectivity index (χ2n) is 5.16. The van der Waals surface area contributed by atoms with Crippen molar-refractivity contribution < 1.29 is 14.6 Å². The number of phenols is 1. The van der Waals surface area contributed by atoms with E-state index in [0.29, 0.717) is 17.2 Å². The highest BCUT2D eigenvalue weighted by Gasteiger charge is 2.05. The van der Waals surface area contributed by atoms with Gasteiger partial charge in [0.25, 0.3) is 0 Å². The fourth-order valence-corrected chi connectivity index (χ4v) is 2.19. The summed E-state index contributed by atoms with van der Waals surface area (Å²) < 4.78 is 5.71. The molecule has 3 rings (SSSR count). The van der Waals surface area contributed by atoms with Crippen molar-refractivity contribution in [2.45, 2.75) is 13.8 Å². The van der Waals surface area contributed by atoms with Crippen LogP contribution in [0, 0.1) is 6.92 Å². The van der Waals surface area contributed by atoms with Gasteiger partial charge in [0.1, 0.15) is 11.5 Å². The molecule has 0 radical (unpaired) electrons. The molecule has 0 spiro atoms. The van der Waals surface area contributed by atoms with E-state index in [4.69, 9.17) is 4.74 Å². The van der Waals surface area contributed by atoms with Crippen molar-refractivity contribution in [3.8, 4) is 17.4 Å². The summed E-state index contributed by atoms with van der Waals surface area (Å²) in [6.45, 7) is 3.35. The summed E-state index contributed by atoms with van der Waals surface area (Å²) >= 11 is 0. The number of hydrogen-bond donors (Lipinski definition) is 1. The van der Waals surface area contributed by atoms with E-state index in [9.17, 15) is 9.90 Å². The quantitative estimate of drug-likeness (QED) is 0.734. The number of pyridine rings is 1. The lowest BCUT2D eigenvalue weighted by atomic mass is 10.1. The molecule has 0 aliphatic heterocycles. The summed E-state index contributed by atoms with van der Waals surface area (Å²) in [5.41, 5.74) is 2.17. The van der Waals surface area contributed by atoms with Gasteiger partial charge >= 0.3 is 0 Å². The van der Waals surface area contributed by atoms with E-state index in [-0.39, 0.29) is 11.5 Å². The largest absolute Gasteiger partial charge is 0.508 e. The predicted octanol–water partition coefficient (Wildman–Crippen LogP) is 4.24. The van der Waals surface area contributed by atoms with Crippen LogP contribution in [0.5, 0.6) is 17.4 Å². The summed E-state index contributed by atoms with van der Waals surface area (Å²) in [7, 11) is 0. The number of ketones is 1. The van der Waals surface area contributed by atoms with E-state index in [1.165, 1.54) is 0 Å². The standard InChI is InChI=1S/C18H15NO3/c1-11-9-15(5-7-17(11)21)22-18-8-4-14-10-13(12(2)20)3-6-16(14)19-18/h3-10,21H,1-2H3. The van der Waals surface area contributed by atoms with E-state index in [0.717, 1.165) is 16.5 Å². The van der Waals surface area contributed by atoms with Crippen LogP contribution in [0.4, 0.5) is 0 Å². The highest BCUT2D eigenvalue weighted by atomic mass is 16.5. The maximum Gasteiger partial charge on any atom is 0.219 e. The van der Waals surface area contributed by atoms with Gasteiger partial charge in [0.2, 0.25) is 5.88 Å². The lowest BCUT2D eigenvalue weighted by Crippen LogP contribution is -1.93. The van der Waals surface area contributed by atoms with Crippen molar-refractivity contribution in [3.05, 3.63) is 59.7 Å². The van der Waals surface area contributed by atoms with Crippen LogP contribution < -0.4 is 4.74 Å². The van der Waals surface area contributed by atoms with Crippen LogP contribution in [0.3, 0.4) is 0 Å². The van der Waals surface area contributed by atoms with Crippen molar-refractivity contribution in [1.82, 2.24) is 4.98 Å². The van der Waals surface area contributed by atoms with Gasteiger partial charge < -0.3 is 9.84 Å². The Morgan fingerprint density at radius 2 is 1.91 bits per heavy atom. The Morgan fingerprint density at radius 1 is 1.09 bits per heavy atom. The third-order valence-electron chi connectivity index (χ3n) is 3.46. The highest BCUT2D eigenvalue weighted by molar-refractivity contribution is 5.97. The monoisotopic (exact) mass is 293 g/mol. The van der Waals surface area contributed by atoms with Crippen LogP contribution in [0.25, 0.3) is 10.9 Å². The maximum atomic E-state index is 11.4. The molecule has 2 aromatic carbocycles. The fraction of sp³-hybridized carbons (Fsp3) is 0.111. The van der Waals surface area contributed by atoms with Crippen LogP contribution in [0.1, 0.15) is 22.8 Å². The van der Waals surface area contributed by atoms with Crippen LogP contribution >= 0.6 is 0 Å². The molecule has 1 aromatic heterocycles. The molecule has 0 aliphatic carbocycles. The van der Waals surface area contributed by atoms with Crippen LogP contribution in [0.2, 0.25) is 0 Å². The van der Waals surface area contributed by atoms with Crippen molar-refractivity contribution in [3.63, 3.8) is 0 Å². The Balaban J connectivity index is 1.93. The zero-order valence-electron chi connectivity index (χ0n) is 12.3. The van der Waals surface area contributed by atoms with Gasteiger partial charge in [0.15, 0.2) is 5.78 Å². The Hall–Kier alpha value is -2.88. The number of benzene rings is 2. The number of ether oxygens (including phenoxy) is 1. The number of rotatable bonds is 3. The van der Waals surface area contributed by atoms with Crippen molar-refractivity contribution >= 4 is 16.7 Å². The first kappa shape index (κ1) is 14.1. The SMILES string of the molecule is CC(=O)c1ccc2nc(Oc3ccc(O)c(C)c3)ccc2c1. The van der Waals surface area contributed by atoms with Crippen LogP contribution in [0.15, 0.2) is 48.5 Å². The summed E-state index contributed by atoms with van der Waals surface area (Å²) in [5.74, 6) is 1.34. The van der Waals surface area contributed by atoms with Crippen molar-refractivity contribution in [1.29, 1.82) is 0 Å². The first-order chi connectivity index (χ1) is 10.5. The van der Waals surface area contributed by atoms with Crippen LogP contribution in [-0.2, 0) is 0 Å². The molecule has 0 aliphatic rings. The number of fused-ring (bicyclic) bond motifs is 1. The van der Waals surface area contributed by atoms with Crippen molar-refractivity contribution in [2.24, 2.45) is 0 Å². The third kappa shape index (κ3) is 2.76. The smallest absolute Gasteiger partial charge is 0.219 e. The molecule has 0 saturated carbocycles. The molecular weight excluding hydrogens is 278 g/mol. The molecule has 1 N–H and O–H groups in total. The molecule has 0 saturated heterocycles. The molecular formula is C18H15NO3. The van der Waals surface area contributed by atoms with E-state index in [1.807, 2.05) is 12.1 Å². The van der Waals surface area contributed by atoms with Gasteiger partial charge in [-0.2, -0.15) is 0 Å². The van der Waals surface area contributed by atoms with Gasteiger partial charge in [-0.05, 0) is 61.9 Å².